The van der Waals surface area contributed by atoms with Gasteiger partial charge in [-0.05, 0) is 54.7 Å². The van der Waals surface area contributed by atoms with Crippen LogP contribution < -0.4 is 19.5 Å². The molecule has 2 rings (SSSR count). The number of guanidine groups is 1. The van der Waals surface area contributed by atoms with Crippen molar-refractivity contribution >= 4 is 29.9 Å². The Morgan fingerprint density at radius 3 is 2.13 bits per heavy atom. The lowest BCUT2D eigenvalue weighted by molar-refractivity contribution is 0.354. The first-order valence-electron chi connectivity index (χ1n) is 9.78. The van der Waals surface area contributed by atoms with Crippen LogP contribution in [-0.2, 0) is 12.8 Å². The number of likely N-dealkylation sites (N-methyl/N-ethyl adjacent to an activating group) is 1. The zero-order chi connectivity index (χ0) is 21.2. The maximum atomic E-state index is 5.41. The summed E-state index contributed by atoms with van der Waals surface area (Å²) in [5.41, 5.74) is 3.58. The summed E-state index contributed by atoms with van der Waals surface area (Å²) in [5.74, 6) is 3.31. The molecule has 0 aromatic heterocycles. The summed E-state index contributed by atoms with van der Waals surface area (Å²) in [4.78, 5) is 6.53. The maximum Gasteiger partial charge on any atom is 0.193 e. The molecule has 2 aromatic carbocycles. The first-order chi connectivity index (χ1) is 14.0. The molecule has 2 aromatic rings. The minimum atomic E-state index is 0. The van der Waals surface area contributed by atoms with Crippen LogP contribution in [0.4, 0.5) is 0 Å². The average molecular weight is 527 g/mol. The minimum Gasteiger partial charge on any atom is -0.496 e. The van der Waals surface area contributed by atoms with E-state index in [0.29, 0.717) is 0 Å². The predicted molar refractivity (Wildman–Crippen MR) is 134 cm³/mol. The molecule has 1 N–H and O–H groups in total. The summed E-state index contributed by atoms with van der Waals surface area (Å²) in [6, 6.07) is 12.4. The van der Waals surface area contributed by atoms with Gasteiger partial charge in [0.2, 0.25) is 0 Å². The van der Waals surface area contributed by atoms with Crippen LogP contribution in [0.2, 0.25) is 0 Å². The summed E-state index contributed by atoms with van der Waals surface area (Å²) in [6.45, 7) is 3.70. The van der Waals surface area contributed by atoms with Crippen molar-refractivity contribution in [3.05, 3.63) is 53.1 Å². The van der Waals surface area contributed by atoms with Gasteiger partial charge in [0.25, 0.3) is 0 Å². The van der Waals surface area contributed by atoms with Crippen molar-refractivity contribution in [1.29, 1.82) is 0 Å². The maximum absolute atomic E-state index is 5.41. The summed E-state index contributed by atoms with van der Waals surface area (Å²) in [5, 5.41) is 3.44. The van der Waals surface area contributed by atoms with Crippen LogP contribution in [0.5, 0.6) is 17.2 Å². The summed E-state index contributed by atoms with van der Waals surface area (Å²) < 4.78 is 16.1. The number of nitrogens with one attached hydrogen (secondary N) is 1. The molecular weight excluding hydrogens is 493 g/mol. The van der Waals surface area contributed by atoms with Gasteiger partial charge in [0.15, 0.2) is 17.5 Å². The Bertz CT molecular complexity index is 827. The van der Waals surface area contributed by atoms with Crippen LogP contribution >= 0.6 is 24.0 Å². The monoisotopic (exact) mass is 527 g/mol. The summed E-state index contributed by atoms with van der Waals surface area (Å²) >= 11 is 0. The van der Waals surface area contributed by atoms with E-state index in [0.717, 1.165) is 54.7 Å². The number of ether oxygens (including phenoxy) is 3. The average Bonchev–Trinajstić information content (AvgIpc) is 2.75. The summed E-state index contributed by atoms with van der Waals surface area (Å²) in [6.07, 6.45) is 1.78. The van der Waals surface area contributed by atoms with Crippen molar-refractivity contribution in [3.63, 3.8) is 0 Å². The number of benzene rings is 2. The molecule has 0 bridgehead atoms. The Morgan fingerprint density at radius 1 is 0.900 bits per heavy atom. The van der Waals surface area contributed by atoms with Gasteiger partial charge in [-0.15, -0.1) is 24.0 Å². The van der Waals surface area contributed by atoms with E-state index >= 15 is 0 Å². The number of halogens is 1. The second-order valence-corrected chi connectivity index (χ2v) is 6.89. The third-order valence-electron chi connectivity index (χ3n) is 4.93. The van der Waals surface area contributed by atoms with E-state index in [1.807, 2.05) is 26.2 Å². The molecule has 0 aliphatic rings. The summed E-state index contributed by atoms with van der Waals surface area (Å²) in [7, 11) is 8.87. The van der Waals surface area contributed by atoms with Gasteiger partial charge >= 0.3 is 0 Å². The van der Waals surface area contributed by atoms with Crippen molar-refractivity contribution in [1.82, 2.24) is 10.2 Å². The molecule has 30 heavy (non-hydrogen) atoms. The molecule has 6 nitrogen and oxygen atoms in total. The van der Waals surface area contributed by atoms with Crippen LogP contribution in [0.15, 0.2) is 41.4 Å². The van der Waals surface area contributed by atoms with E-state index in [9.17, 15) is 0 Å². The second kappa shape index (κ2) is 13.2. The smallest absolute Gasteiger partial charge is 0.193 e. The molecule has 0 fully saturated rings. The fourth-order valence-corrected chi connectivity index (χ4v) is 3.16. The molecule has 0 unspecified atom stereocenters. The molecule has 0 heterocycles. The highest BCUT2D eigenvalue weighted by molar-refractivity contribution is 14.0. The van der Waals surface area contributed by atoms with Crippen LogP contribution in [0, 0.1) is 6.92 Å². The fourth-order valence-electron chi connectivity index (χ4n) is 3.16. The van der Waals surface area contributed by atoms with Crippen molar-refractivity contribution in [2.45, 2.75) is 19.8 Å². The molecule has 0 radical (unpaired) electrons. The van der Waals surface area contributed by atoms with Gasteiger partial charge in [-0.1, -0.05) is 18.2 Å². The Labute approximate surface area is 197 Å². The molecule has 7 heteroatoms. The van der Waals surface area contributed by atoms with E-state index < -0.39 is 0 Å². The lowest BCUT2D eigenvalue weighted by Crippen LogP contribution is -2.40. The van der Waals surface area contributed by atoms with E-state index in [1.54, 1.807) is 21.3 Å². The fraction of sp³-hybridized carbons (Fsp3) is 0.435. The van der Waals surface area contributed by atoms with Crippen LogP contribution in [-0.4, -0.2) is 59.4 Å². The predicted octanol–water partition coefficient (Wildman–Crippen LogP) is 3.93. The number of hydrogen-bond acceptors (Lipinski definition) is 4. The quantitative estimate of drug-likeness (QED) is 0.304. The van der Waals surface area contributed by atoms with Gasteiger partial charge in [-0.3, -0.25) is 4.99 Å². The van der Waals surface area contributed by atoms with E-state index in [-0.39, 0.29) is 24.0 Å². The largest absolute Gasteiger partial charge is 0.496 e. The molecule has 166 valence electrons. The van der Waals surface area contributed by atoms with Crippen LogP contribution in [0.1, 0.15) is 16.7 Å². The third-order valence-corrected chi connectivity index (χ3v) is 4.93. The van der Waals surface area contributed by atoms with Crippen molar-refractivity contribution in [3.8, 4) is 17.2 Å². The Kier molecular flexibility index (Phi) is 11.4. The molecule has 0 saturated carbocycles. The van der Waals surface area contributed by atoms with Gasteiger partial charge in [0.05, 0.1) is 21.3 Å². The SMILES string of the molecule is CN=C(NCCc1ccc(C)c(OC)c1)N(C)CCc1ccc(OC)c(OC)c1.I. The van der Waals surface area contributed by atoms with Gasteiger partial charge in [0.1, 0.15) is 5.75 Å². The third kappa shape index (κ3) is 7.27. The number of rotatable bonds is 9. The first-order valence-corrected chi connectivity index (χ1v) is 9.78. The molecule has 0 atom stereocenters. The lowest BCUT2D eigenvalue weighted by Gasteiger charge is -2.22. The van der Waals surface area contributed by atoms with Crippen molar-refractivity contribution < 1.29 is 14.2 Å². The highest BCUT2D eigenvalue weighted by Gasteiger charge is 2.09. The minimum absolute atomic E-state index is 0. The van der Waals surface area contributed by atoms with Gasteiger partial charge in [-0.25, -0.2) is 0 Å². The molecule has 0 saturated heterocycles. The Morgan fingerprint density at radius 2 is 1.50 bits per heavy atom. The topological polar surface area (TPSA) is 55.3 Å². The molecular formula is C23H34IN3O3. The van der Waals surface area contributed by atoms with Crippen LogP contribution in [0.3, 0.4) is 0 Å². The zero-order valence-corrected chi connectivity index (χ0v) is 21.2. The Balaban J connectivity index is 0.00000450. The molecule has 0 aliphatic heterocycles. The first kappa shape index (κ1) is 25.9. The Hall–Kier alpha value is -2.16. The van der Waals surface area contributed by atoms with Gasteiger partial charge < -0.3 is 24.4 Å². The number of hydrogen-bond donors (Lipinski definition) is 1. The number of aliphatic imine (C=N–C) groups is 1. The molecule has 0 aliphatic carbocycles. The van der Waals surface area contributed by atoms with Crippen molar-refractivity contribution in [2.24, 2.45) is 4.99 Å². The highest BCUT2D eigenvalue weighted by atomic mass is 127. The molecule has 0 spiro atoms. The highest BCUT2D eigenvalue weighted by Crippen LogP contribution is 2.27. The zero-order valence-electron chi connectivity index (χ0n) is 18.8. The van der Waals surface area contributed by atoms with Crippen molar-refractivity contribution in [2.75, 3.05) is 48.5 Å². The van der Waals surface area contributed by atoms with Crippen LogP contribution in [0.25, 0.3) is 0 Å². The van der Waals surface area contributed by atoms with E-state index in [2.05, 4.69) is 46.4 Å². The standard InChI is InChI=1S/C23H33N3O3.HI/c1-17-7-8-18(15-21(17)28-5)11-13-25-23(24-2)26(3)14-12-19-9-10-20(27-4)22(16-19)29-6;/h7-10,15-16H,11-14H2,1-6H3,(H,24,25);1H. The number of aryl methyl sites for hydroxylation is 1. The normalized spacial score (nSPS) is 10.8. The number of nitrogens with zero attached hydrogens (tertiary/aromatic N) is 2. The van der Waals surface area contributed by atoms with Gasteiger partial charge in [0, 0.05) is 27.2 Å². The van der Waals surface area contributed by atoms with E-state index in [4.69, 9.17) is 14.2 Å². The molecule has 0 amide bonds. The van der Waals surface area contributed by atoms with Gasteiger partial charge in [-0.2, -0.15) is 0 Å². The second-order valence-electron chi connectivity index (χ2n) is 6.89. The van der Waals surface area contributed by atoms with E-state index in [1.165, 1.54) is 11.1 Å². The lowest BCUT2D eigenvalue weighted by atomic mass is 10.1. The number of methoxy groups -OCH3 is 3.